The van der Waals surface area contributed by atoms with E-state index in [1.807, 2.05) is 24.3 Å². The van der Waals surface area contributed by atoms with Crippen LogP contribution in [0.15, 0.2) is 35.3 Å². The Labute approximate surface area is 141 Å². The van der Waals surface area contributed by atoms with Crippen molar-refractivity contribution in [1.82, 2.24) is 14.5 Å². The van der Waals surface area contributed by atoms with E-state index < -0.39 is 0 Å². The highest BCUT2D eigenvalue weighted by atomic mass is 16.2. The summed E-state index contributed by atoms with van der Waals surface area (Å²) in [6, 6.07) is 7.87. The number of carbonyl (C=O) groups is 1. The Kier molecular flexibility index (Phi) is 4.08. The molecule has 1 aromatic carbocycles. The number of nitrogens with zero attached hydrogens (tertiary/aromatic N) is 3. The zero-order valence-corrected chi connectivity index (χ0v) is 13.9. The molecular weight excluding hydrogens is 302 g/mol. The molecule has 2 unspecified atom stereocenters. The number of hydrogen-bond donors (Lipinski definition) is 0. The number of amides is 1. The van der Waals surface area contributed by atoms with Gasteiger partial charge in [0.15, 0.2) is 0 Å². The third kappa shape index (κ3) is 2.72. The summed E-state index contributed by atoms with van der Waals surface area (Å²) in [5.74, 6) is 0.729. The molecule has 0 bridgehead atoms. The Balaban J connectivity index is 1.62. The maximum Gasteiger partial charge on any atom is 0.269 e. The molecule has 2 heterocycles. The lowest BCUT2D eigenvalue weighted by Crippen LogP contribution is -2.51. The molecular formula is C19H23N3O2. The van der Waals surface area contributed by atoms with Gasteiger partial charge in [0.1, 0.15) is 6.54 Å². The molecule has 24 heavy (non-hydrogen) atoms. The van der Waals surface area contributed by atoms with Crippen LogP contribution in [-0.2, 0) is 11.3 Å². The van der Waals surface area contributed by atoms with Crippen LogP contribution >= 0.6 is 0 Å². The number of rotatable bonds is 2. The first-order chi connectivity index (χ1) is 11.7. The molecule has 5 nitrogen and oxygen atoms in total. The molecule has 2 fully saturated rings. The normalized spacial score (nSPS) is 23.9. The van der Waals surface area contributed by atoms with Gasteiger partial charge in [0.2, 0.25) is 5.91 Å². The topological polar surface area (TPSA) is 55.2 Å². The quantitative estimate of drug-likeness (QED) is 0.853. The molecule has 1 saturated carbocycles. The first kappa shape index (κ1) is 15.4. The van der Waals surface area contributed by atoms with Crippen molar-refractivity contribution in [3.8, 4) is 0 Å². The molecule has 1 amide bonds. The van der Waals surface area contributed by atoms with E-state index in [1.54, 1.807) is 4.57 Å². The van der Waals surface area contributed by atoms with Gasteiger partial charge in [0.25, 0.3) is 5.56 Å². The van der Waals surface area contributed by atoms with Crippen molar-refractivity contribution < 1.29 is 4.79 Å². The molecule has 5 heteroatoms. The van der Waals surface area contributed by atoms with Gasteiger partial charge < -0.3 is 4.90 Å². The summed E-state index contributed by atoms with van der Waals surface area (Å²) >= 11 is 0. The summed E-state index contributed by atoms with van der Waals surface area (Å²) in [5, 5.41) is 0. The van der Waals surface area contributed by atoms with E-state index in [9.17, 15) is 9.59 Å². The van der Waals surface area contributed by atoms with Crippen LogP contribution in [0.2, 0.25) is 0 Å². The molecule has 2 aromatic rings. The molecule has 2 aliphatic rings. The van der Waals surface area contributed by atoms with Gasteiger partial charge in [-0.3, -0.25) is 14.2 Å². The van der Waals surface area contributed by atoms with E-state index in [-0.39, 0.29) is 18.0 Å². The predicted octanol–water partition coefficient (Wildman–Crippen LogP) is 2.58. The van der Waals surface area contributed by atoms with E-state index in [4.69, 9.17) is 0 Å². The summed E-state index contributed by atoms with van der Waals surface area (Å²) in [4.78, 5) is 31.4. The molecule has 126 valence electrons. The fourth-order valence-corrected chi connectivity index (χ4v) is 4.44. The van der Waals surface area contributed by atoms with Gasteiger partial charge in [0.05, 0.1) is 17.2 Å². The molecule has 1 aliphatic heterocycles. The Hall–Kier alpha value is -2.17. The number of fused-ring (bicyclic) bond motifs is 2. The van der Waals surface area contributed by atoms with Crippen LogP contribution in [0.25, 0.3) is 11.0 Å². The number of carbonyl (C=O) groups excluding carboxylic acids is 1. The van der Waals surface area contributed by atoms with E-state index in [0.717, 1.165) is 30.4 Å². The fraction of sp³-hybridized carbons (Fsp3) is 0.526. The predicted molar refractivity (Wildman–Crippen MR) is 92.7 cm³/mol. The van der Waals surface area contributed by atoms with Crippen LogP contribution in [0.5, 0.6) is 0 Å². The van der Waals surface area contributed by atoms with Crippen molar-refractivity contribution in [1.29, 1.82) is 0 Å². The summed E-state index contributed by atoms with van der Waals surface area (Å²) in [7, 11) is 0. The molecule has 1 aromatic heterocycles. The van der Waals surface area contributed by atoms with Crippen molar-refractivity contribution in [2.24, 2.45) is 5.92 Å². The molecule has 1 saturated heterocycles. The van der Waals surface area contributed by atoms with Crippen LogP contribution in [0.1, 0.15) is 38.5 Å². The zero-order chi connectivity index (χ0) is 16.5. The number of para-hydroxylation sites is 2. The van der Waals surface area contributed by atoms with Crippen LogP contribution < -0.4 is 5.56 Å². The van der Waals surface area contributed by atoms with Crippen molar-refractivity contribution in [3.05, 3.63) is 40.8 Å². The first-order valence-corrected chi connectivity index (χ1v) is 8.98. The minimum Gasteiger partial charge on any atom is -0.338 e. The largest absolute Gasteiger partial charge is 0.338 e. The molecule has 4 rings (SSSR count). The second-order valence-corrected chi connectivity index (χ2v) is 7.01. The smallest absolute Gasteiger partial charge is 0.269 e. The monoisotopic (exact) mass is 325 g/mol. The Morgan fingerprint density at radius 3 is 2.83 bits per heavy atom. The van der Waals surface area contributed by atoms with Crippen molar-refractivity contribution in [2.45, 2.75) is 51.1 Å². The van der Waals surface area contributed by atoms with Crippen molar-refractivity contribution >= 4 is 16.9 Å². The Morgan fingerprint density at radius 1 is 1.12 bits per heavy atom. The highest BCUT2D eigenvalue weighted by Gasteiger charge is 2.35. The molecule has 0 spiro atoms. The van der Waals surface area contributed by atoms with Crippen LogP contribution in [-0.4, -0.2) is 32.9 Å². The van der Waals surface area contributed by atoms with Crippen LogP contribution in [0.3, 0.4) is 0 Å². The minimum absolute atomic E-state index is 0.0741. The summed E-state index contributed by atoms with van der Waals surface area (Å²) < 4.78 is 1.57. The Bertz CT molecular complexity index is 812. The summed E-state index contributed by atoms with van der Waals surface area (Å²) in [5.41, 5.74) is 1.27. The molecule has 1 aliphatic carbocycles. The van der Waals surface area contributed by atoms with Crippen molar-refractivity contribution in [2.75, 3.05) is 6.54 Å². The highest BCUT2D eigenvalue weighted by Crippen LogP contribution is 2.35. The second-order valence-electron chi connectivity index (χ2n) is 7.01. The number of aromatic nitrogens is 2. The highest BCUT2D eigenvalue weighted by molar-refractivity contribution is 5.80. The van der Waals surface area contributed by atoms with E-state index >= 15 is 0 Å². The van der Waals surface area contributed by atoms with Gasteiger partial charge in [-0.25, -0.2) is 4.98 Å². The maximum absolute atomic E-state index is 13.0. The van der Waals surface area contributed by atoms with E-state index in [2.05, 4.69) is 9.88 Å². The number of benzene rings is 1. The number of hydrogen-bond acceptors (Lipinski definition) is 3. The van der Waals surface area contributed by atoms with Gasteiger partial charge in [-0.15, -0.1) is 0 Å². The Morgan fingerprint density at radius 2 is 1.92 bits per heavy atom. The van der Waals surface area contributed by atoms with Gasteiger partial charge in [0, 0.05) is 12.6 Å². The lowest BCUT2D eigenvalue weighted by atomic mass is 9.78. The van der Waals surface area contributed by atoms with Gasteiger partial charge >= 0.3 is 0 Å². The van der Waals surface area contributed by atoms with Gasteiger partial charge in [-0.2, -0.15) is 0 Å². The van der Waals surface area contributed by atoms with Gasteiger partial charge in [-0.1, -0.05) is 25.0 Å². The van der Waals surface area contributed by atoms with Gasteiger partial charge in [-0.05, 0) is 43.7 Å². The molecule has 0 N–H and O–H groups in total. The summed E-state index contributed by atoms with van der Waals surface area (Å²) in [6.45, 7) is 0.947. The van der Waals surface area contributed by atoms with E-state index in [0.29, 0.717) is 12.0 Å². The second kappa shape index (κ2) is 6.38. The average Bonchev–Trinajstić information content (AvgIpc) is 2.63. The number of likely N-dealkylation sites (tertiary alicyclic amines) is 1. The minimum atomic E-state index is -0.209. The molecule has 2 atom stereocenters. The SMILES string of the molecule is O=C(Cn1c(=O)cnc2ccccc21)N1CCCC2CCCCC21. The fourth-order valence-electron chi connectivity index (χ4n) is 4.44. The lowest BCUT2D eigenvalue weighted by molar-refractivity contribution is -0.138. The third-order valence-corrected chi connectivity index (χ3v) is 5.61. The maximum atomic E-state index is 13.0. The number of piperidine rings is 1. The zero-order valence-electron chi connectivity index (χ0n) is 13.9. The van der Waals surface area contributed by atoms with Crippen LogP contribution in [0.4, 0.5) is 0 Å². The summed E-state index contributed by atoms with van der Waals surface area (Å²) in [6.07, 6.45) is 8.50. The van der Waals surface area contributed by atoms with E-state index in [1.165, 1.54) is 31.9 Å². The third-order valence-electron chi connectivity index (χ3n) is 5.61. The first-order valence-electron chi connectivity index (χ1n) is 8.98. The lowest BCUT2D eigenvalue weighted by Gasteiger charge is -2.44. The average molecular weight is 325 g/mol. The molecule has 0 radical (unpaired) electrons. The van der Waals surface area contributed by atoms with Crippen LogP contribution in [0, 0.1) is 5.92 Å². The standard InChI is InChI=1S/C19H23N3O2/c23-18-12-20-15-8-2-4-10-17(15)22(18)13-19(24)21-11-5-7-14-6-1-3-9-16(14)21/h2,4,8,10,12,14,16H,1,3,5-7,9,11,13H2. The van der Waals surface area contributed by atoms with Crippen molar-refractivity contribution in [3.63, 3.8) is 0 Å².